The van der Waals surface area contributed by atoms with Gasteiger partial charge in [0.2, 0.25) is 0 Å². The number of carbonyl (C=O) groups excluding carboxylic acids is 1. The molecular weight excluding hydrogens is 230 g/mol. The van der Waals surface area contributed by atoms with Crippen LogP contribution in [0.15, 0.2) is 18.2 Å². The van der Waals surface area contributed by atoms with Crippen LogP contribution in [-0.4, -0.2) is 22.9 Å². The highest BCUT2D eigenvalue weighted by molar-refractivity contribution is 6.01. The van der Waals surface area contributed by atoms with Crippen LogP contribution in [-0.2, 0) is 17.6 Å². The van der Waals surface area contributed by atoms with Gasteiger partial charge in [0.15, 0.2) is 5.78 Å². The van der Waals surface area contributed by atoms with Gasteiger partial charge in [-0.05, 0) is 42.9 Å². The molecule has 1 aliphatic carbocycles. The first kappa shape index (κ1) is 12.8. The molecule has 0 radical (unpaired) electrons. The molecule has 96 valence electrons. The van der Waals surface area contributed by atoms with Gasteiger partial charge in [-0.15, -0.1) is 0 Å². The summed E-state index contributed by atoms with van der Waals surface area (Å²) in [4.78, 5) is 22.5. The van der Waals surface area contributed by atoms with Crippen LogP contribution >= 0.6 is 0 Å². The Morgan fingerprint density at radius 3 is 2.56 bits per heavy atom. The number of nitrogens with two attached hydrogens (primary N) is 1. The summed E-state index contributed by atoms with van der Waals surface area (Å²) in [5.41, 5.74) is 8.63. The molecule has 0 heterocycles. The van der Waals surface area contributed by atoms with E-state index < -0.39 is 12.0 Å². The van der Waals surface area contributed by atoms with Crippen molar-refractivity contribution in [3.05, 3.63) is 34.9 Å². The van der Waals surface area contributed by atoms with Crippen molar-refractivity contribution in [1.29, 1.82) is 0 Å². The number of aryl methyl sites for hydroxylation is 2. The minimum atomic E-state index is -1.05. The van der Waals surface area contributed by atoms with E-state index in [0.29, 0.717) is 5.56 Å². The van der Waals surface area contributed by atoms with E-state index in [9.17, 15) is 9.59 Å². The molecule has 3 N–H and O–H groups in total. The van der Waals surface area contributed by atoms with Crippen molar-refractivity contribution in [1.82, 2.24) is 0 Å². The Kier molecular flexibility index (Phi) is 3.77. The van der Waals surface area contributed by atoms with Gasteiger partial charge in [-0.2, -0.15) is 0 Å². The van der Waals surface area contributed by atoms with E-state index in [1.807, 2.05) is 12.1 Å². The normalized spacial score (nSPS) is 15.8. The lowest BCUT2D eigenvalue weighted by Gasteiger charge is -2.17. The summed E-state index contributed by atoms with van der Waals surface area (Å²) in [7, 11) is 0. The van der Waals surface area contributed by atoms with Gasteiger partial charge in [0, 0.05) is 5.56 Å². The third kappa shape index (κ3) is 2.76. The van der Waals surface area contributed by atoms with Crippen LogP contribution in [0.3, 0.4) is 0 Å². The maximum absolute atomic E-state index is 12.0. The summed E-state index contributed by atoms with van der Waals surface area (Å²) in [5.74, 6) is -1.33. The quantitative estimate of drug-likeness (QED) is 0.791. The predicted octanol–water partition coefficient (Wildman–Crippen LogP) is 1.55. The Labute approximate surface area is 106 Å². The van der Waals surface area contributed by atoms with Crippen LogP contribution in [0.2, 0.25) is 0 Å². The number of fused-ring (bicyclic) bond motifs is 1. The Hall–Kier alpha value is -1.68. The Morgan fingerprint density at radius 1 is 1.22 bits per heavy atom. The number of hydrogen-bond donors (Lipinski definition) is 2. The number of carboxylic acid groups (broad SMARTS) is 1. The lowest BCUT2D eigenvalue weighted by molar-refractivity contribution is -0.137. The van der Waals surface area contributed by atoms with Crippen molar-refractivity contribution in [3.8, 4) is 0 Å². The number of rotatable bonds is 4. The molecule has 0 amide bonds. The first-order valence-corrected chi connectivity index (χ1v) is 6.21. The monoisotopic (exact) mass is 247 g/mol. The lowest BCUT2D eigenvalue weighted by atomic mass is 9.89. The average molecular weight is 247 g/mol. The Bertz CT molecular complexity index is 482. The van der Waals surface area contributed by atoms with E-state index in [4.69, 9.17) is 10.8 Å². The maximum atomic E-state index is 12.0. The average Bonchev–Trinajstić information content (AvgIpc) is 2.36. The largest absolute Gasteiger partial charge is 0.481 e. The summed E-state index contributed by atoms with van der Waals surface area (Å²) < 4.78 is 0. The Morgan fingerprint density at radius 2 is 1.89 bits per heavy atom. The topological polar surface area (TPSA) is 80.4 Å². The molecule has 18 heavy (non-hydrogen) atoms. The van der Waals surface area contributed by atoms with Gasteiger partial charge in [0.05, 0.1) is 12.5 Å². The zero-order valence-electron chi connectivity index (χ0n) is 10.2. The van der Waals surface area contributed by atoms with Gasteiger partial charge in [-0.3, -0.25) is 9.59 Å². The van der Waals surface area contributed by atoms with Gasteiger partial charge in [-0.1, -0.05) is 12.1 Å². The fourth-order valence-corrected chi connectivity index (χ4v) is 2.38. The fourth-order valence-electron chi connectivity index (χ4n) is 2.38. The highest BCUT2D eigenvalue weighted by atomic mass is 16.4. The second kappa shape index (κ2) is 5.31. The zero-order valence-corrected chi connectivity index (χ0v) is 10.2. The fraction of sp³-hybridized carbons (Fsp3) is 0.429. The number of hydrogen-bond acceptors (Lipinski definition) is 3. The highest BCUT2D eigenvalue weighted by Crippen LogP contribution is 2.22. The molecule has 0 aliphatic heterocycles. The predicted molar refractivity (Wildman–Crippen MR) is 67.6 cm³/mol. The second-order valence-electron chi connectivity index (χ2n) is 4.76. The van der Waals surface area contributed by atoms with Gasteiger partial charge in [0.25, 0.3) is 0 Å². The molecule has 1 unspecified atom stereocenters. The van der Waals surface area contributed by atoms with Gasteiger partial charge >= 0.3 is 5.97 Å². The van der Waals surface area contributed by atoms with Crippen molar-refractivity contribution in [3.63, 3.8) is 0 Å². The van der Waals surface area contributed by atoms with Gasteiger partial charge in [-0.25, -0.2) is 0 Å². The number of aliphatic carboxylic acids is 1. The van der Waals surface area contributed by atoms with Crippen LogP contribution in [0, 0.1) is 0 Å². The minimum Gasteiger partial charge on any atom is -0.481 e. The van der Waals surface area contributed by atoms with Crippen LogP contribution < -0.4 is 5.73 Å². The van der Waals surface area contributed by atoms with Crippen LogP contribution in [0.5, 0.6) is 0 Å². The van der Waals surface area contributed by atoms with Crippen LogP contribution in [0.1, 0.15) is 40.7 Å². The molecule has 4 nitrogen and oxygen atoms in total. The zero-order chi connectivity index (χ0) is 13.1. The second-order valence-corrected chi connectivity index (χ2v) is 4.76. The van der Waals surface area contributed by atoms with Crippen LogP contribution in [0.25, 0.3) is 0 Å². The standard InChI is InChI=1S/C14H17NO3/c15-12(8-13(16)17)14(18)11-6-5-9-3-1-2-4-10(9)7-11/h5-7,12H,1-4,8,15H2,(H,16,17). The van der Waals surface area contributed by atoms with E-state index in [-0.39, 0.29) is 12.2 Å². The molecule has 0 aromatic heterocycles. The van der Waals surface area contributed by atoms with Crippen molar-refractivity contribution >= 4 is 11.8 Å². The molecule has 0 bridgehead atoms. The first-order valence-electron chi connectivity index (χ1n) is 6.21. The molecular formula is C14H17NO3. The number of carbonyl (C=O) groups is 2. The number of benzene rings is 1. The van der Waals surface area contributed by atoms with Crippen molar-refractivity contribution in [2.75, 3.05) is 0 Å². The Balaban J connectivity index is 2.18. The molecule has 1 aromatic carbocycles. The number of carboxylic acids is 1. The summed E-state index contributed by atoms with van der Waals surface area (Å²) in [5, 5.41) is 8.64. The molecule has 1 aromatic rings. The van der Waals surface area contributed by atoms with Crippen LogP contribution in [0.4, 0.5) is 0 Å². The summed E-state index contributed by atoms with van der Waals surface area (Å²) in [6.45, 7) is 0. The summed E-state index contributed by atoms with van der Waals surface area (Å²) in [6, 6.07) is 4.64. The molecule has 0 saturated heterocycles. The molecule has 1 aliphatic rings. The van der Waals surface area contributed by atoms with Gasteiger partial charge < -0.3 is 10.8 Å². The molecule has 0 saturated carbocycles. The lowest BCUT2D eigenvalue weighted by Crippen LogP contribution is -2.33. The molecule has 1 atom stereocenters. The van der Waals surface area contributed by atoms with Gasteiger partial charge in [0.1, 0.15) is 0 Å². The van der Waals surface area contributed by atoms with E-state index in [1.165, 1.54) is 17.5 Å². The highest BCUT2D eigenvalue weighted by Gasteiger charge is 2.20. The van der Waals surface area contributed by atoms with E-state index >= 15 is 0 Å². The molecule has 4 heteroatoms. The number of ketones is 1. The van der Waals surface area contributed by atoms with E-state index in [0.717, 1.165) is 19.3 Å². The summed E-state index contributed by atoms with van der Waals surface area (Å²) in [6.07, 6.45) is 4.07. The van der Waals surface area contributed by atoms with Crippen molar-refractivity contribution in [2.24, 2.45) is 5.73 Å². The van der Waals surface area contributed by atoms with Crippen molar-refractivity contribution < 1.29 is 14.7 Å². The smallest absolute Gasteiger partial charge is 0.305 e. The van der Waals surface area contributed by atoms with Crippen molar-refractivity contribution in [2.45, 2.75) is 38.1 Å². The SMILES string of the molecule is NC(CC(=O)O)C(=O)c1ccc2c(c1)CCCC2. The third-order valence-electron chi connectivity index (χ3n) is 3.36. The molecule has 0 fully saturated rings. The summed E-state index contributed by atoms with van der Waals surface area (Å²) >= 11 is 0. The maximum Gasteiger partial charge on any atom is 0.305 e. The van der Waals surface area contributed by atoms with E-state index in [2.05, 4.69) is 0 Å². The number of Topliss-reactive ketones (excluding diaryl/α,β-unsaturated/α-hetero) is 1. The van der Waals surface area contributed by atoms with E-state index in [1.54, 1.807) is 6.07 Å². The first-order chi connectivity index (χ1) is 8.58. The molecule has 2 rings (SSSR count). The molecule has 0 spiro atoms. The third-order valence-corrected chi connectivity index (χ3v) is 3.36. The minimum absolute atomic E-state index is 0.286.